The summed E-state index contributed by atoms with van der Waals surface area (Å²) in [6.07, 6.45) is -0.217. The molecule has 0 radical (unpaired) electrons. The number of nitrogens with one attached hydrogen (secondary N) is 3. The molecule has 0 saturated carbocycles. The molecule has 0 aliphatic heterocycles. The number of ether oxygens (including phenoxy) is 1. The van der Waals surface area contributed by atoms with E-state index in [1.54, 1.807) is 20.8 Å². The van der Waals surface area contributed by atoms with Crippen LogP contribution in [0.3, 0.4) is 0 Å². The van der Waals surface area contributed by atoms with E-state index in [0.29, 0.717) is 6.42 Å². The molecule has 9 nitrogen and oxygen atoms in total. The van der Waals surface area contributed by atoms with E-state index in [1.165, 1.54) is 13.8 Å². The predicted molar refractivity (Wildman–Crippen MR) is 91.3 cm³/mol. The third kappa shape index (κ3) is 6.05. The molecule has 0 unspecified atom stereocenters. The molecule has 10 heteroatoms. The smallest absolute Gasteiger partial charge is 0.407 e. The van der Waals surface area contributed by atoms with Crippen molar-refractivity contribution in [2.24, 2.45) is 0 Å². The number of aryl methyl sites for hydroxylation is 1. The number of H-pyrrole nitrogens is 1. The molecule has 1 aromatic rings. The minimum absolute atomic E-state index is 0.0648. The van der Waals surface area contributed by atoms with Crippen LogP contribution in [0.5, 0.6) is 0 Å². The van der Waals surface area contributed by atoms with Crippen LogP contribution in [-0.4, -0.2) is 49.3 Å². The quantitative estimate of drug-likeness (QED) is 0.533. The fraction of sp³-hybridized carbons (Fsp3) is 0.600. The standard InChI is InChI=1S/C15H25N3O6S/c1-9-11(13(19)20)18-10(2)12(9)25(22,23)17-8-6-7-16-14(21)24-15(3,4)5/h17-18H,6-8H2,1-5H3,(H,16,21)(H,19,20). The lowest BCUT2D eigenvalue weighted by atomic mass is 10.2. The van der Waals surface area contributed by atoms with Crippen LogP contribution in [0, 0.1) is 13.8 Å². The molecule has 1 amide bonds. The monoisotopic (exact) mass is 375 g/mol. The van der Waals surface area contributed by atoms with Crippen LogP contribution < -0.4 is 10.0 Å². The van der Waals surface area contributed by atoms with Crippen LogP contribution in [0.1, 0.15) is 48.9 Å². The first-order valence-corrected chi connectivity index (χ1v) is 9.22. The summed E-state index contributed by atoms with van der Waals surface area (Å²) in [5.74, 6) is -1.22. The SMILES string of the molecule is Cc1[nH]c(C(=O)O)c(C)c1S(=O)(=O)NCCCNC(=O)OC(C)(C)C. The number of carbonyl (C=O) groups excluding carboxylic acids is 1. The second kappa shape index (κ2) is 7.87. The van der Waals surface area contributed by atoms with E-state index in [-0.39, 0.29) is 34.9 Å². The van der Waals surface area contributed by atoms with Gasteiger partial charge in [-0.3, -0.25) is 0 Å². The number of alkyl carbamates (subject to hydrolysis) is 1. The van der Waals surface area contributed by atoms with E-state index in [4.69, 9.17) is 9.84 Å². The van der Waals surface area contributed by atoms with Crippen molar-refractivity contribution in [2.45, 2.75) is 51.5 Å². The molecule has 4 N–H and O–H groups in total. The van der Waals surface area contributed by atoms with E-state index in [2.05, 4.69) is 15.0 Å². The number of carboxylic acids is 1. The molecule has 0 aromatic carbocycles. The van der Waals surface area contributed by atoms with Gasteiger partial charge in [-0.1, -0.05) is 0 Å². The highest BCUT2D eigenvalue weighted by molar-refractivity contribution is 7.89. The van der Waals surface area contributed by atoms with Crippen molar-refractivity contribution < 1.29 is 27.9 Å². The Morgan fingerprint density at radius 3 is 2.28 bits per heavy atom. The first-order chi connectivity index (χ1) is 11.3. The molecular weight excluding hydrogens is 350 g/mol. The highest BCUT2D eigenvalue weighted by Gasteiger charge is 2.26. The summed E-state index contributed by atoms with van der Waals surface area (Å²) >= 11 is 0. The van der Waals surface area contributed by atoms with Gasteiger partial charge in [0.1, 0.15) is 16.2 Å². The molecular formula is C15H25N3O6S. The Morgan fingerprint density at radius 1 is 1.20 bits per heavy atom. The van der Waals surface area contributed by atoms with Gasteiger partial charge in [-0.15, -0.1) is 0 Å². The molecule has 0 aliphatic rings. The van der Waals surface area contributed by atoms with Crippen LogP contribution in [0.4, 0.5) is 4.79 Å². The number of sulfonamides is 1. The highest BCUT2D eigenvalue weighted by Crippen LogP contribution is 2.22. The second-order valence-electron chi connectivity index (χ2n) is 6.56. The number of carboxylic acid groups (broad SMARTS) is 1. The number of aromatic amines is 1. The molecule has 1 aromatic heterocycles. The van der Waals surface area contributed by atoms with Crippen LogP contribution in [0.25, 0.3) is 0 Å². The number of amides is 1. The van der Waals surface area contributed by atoms with Crippen molar-refractivity contribution in [3.63, 3.8) is 0 Å². The van der Waals surface area contributed by atoms with Crippen LogP contribution in [-0.2, 0) is 14.8 Å². The topological polar surface area (TPSA) is 138 Å². The molecule has 1 rings (SSSR count). The zero-order chi connectivity index (χ0) is 19.4. The van der Waals surface area contributed by atoms with Gasteiger partial charge in [0.15, 0.2) is 0 Å². The van der Waals surface area contributed by atoms with Crippen molar-refractivity contribution in [2.75, 3.05) is 13.1 Å². The van der Waals surface area contributed by atoms with Crippen LogP contribution >= 0.6 is 0 Å². The number of aromatic nitrogens is 1. The summed E-state index contributed by atoms with van der Waals surface area (Å²) in [5, 5.41) is 11.6. The first kappa shape index (κ1) is 21.0. The Morgan fingerprint density at radius 2 is 1.80 bits per heavy atom. The Bertz CT molecular complexity index is 746. The van der Waals surface area contributed by atoms with Crippen molar-refractivity contribution in [1.82, 2.24) is 15.0 Å². The van der Waals surface area contributed by atoms with Crippen LogP contribution in [0.2, 0.25) is 0 Å². The van der Waals surface area contributed by atoms with Gasteiger partial charge >= 0.3 is 12.1 Å². The molecule has 0 fully saturated rings. The average Bonchev–Trinajstić information content (AvgIpc) is 2.72. The zero-order valence-corrected chi connectivity index (χ0v) is 15.8. The summed E-state index contributed by atoms with van der Waals surface area (Å²) in [6, 6.07) is 0. The molecule has 25 heavy (non-hydrogen) atoms. The molecule has 0 atom stereocenters. The third-order valence-electron chi connectivity index (χ3n) is 3.17. The predicted octanol–water partition coefficient (Wildman–Crippen LogP) is 1.52. The van der Waals surface area contributed by atoms with E-state index in [0.717, 1.165) is 0 Å². The zero-order valence-electron chi connectivity index (χ0n) is 15.0. The Hall–Kier alpha value is -2.07. The maximum atomic E-state index is 12.4. The van der Waals surface area contributed by atoms with Crippen molar-refractivity contribution in [1.29, 1.82) is 0 Å². The lowest BCUT2D eigenvalue weighted by Gasteiger charge is -2.19. The van der Waals surface area contributed by atoms with Crippen molar-refractivity contribution in [3.8, 4) is 0 Å². The lowest BCUT2D eigenvalue weighted by Crippen LogP contribution is -2.34. The highest BCUT2D eigenvalue weighted by atomic mass is 32.2. The summed E-state index contributed by atoms with van der Waals surface area (Å²) in [4.78, 5) is 25.0. The summed E-state index contributed by atoms with van der Waals surface area (Å²) in [6.45, 7) is 8.49. The minimum Gasteiger partial charge on any atom is -0.477 e. The Balaban J connectivity index is 2.58. The first-order valence-electron chi connectivity index (χ1n) is 7.74. The number of carbonyl (C=O) groups is 2. The van der Waals surface area contributed by atoms with E-state index in [9.17, 15) is 18.0 Å². The van der Waals surface area contributed by atoms with Crippen LogP contribution in [0.15, 0.2) is 4.90 Å². The van der Waals surface area contributed by atoms with Gasteiger partial charge in [-0.25, -0.2) is 22.7 Å². The van der Waals surface area contributed by atoms with E-state index in [1.807, 2.05) is 0 Å². The van der Waals surface area contributed by atoms with Gasteiger partial charge in [0.25, 0.3) is 0 Å². The van der Waals surface area contributed by atoms with Crippen molar-refractivity contribution in [3.05, 3.63) is 17.0 Å². The summed E-state index contributed by atoms with van der Waals surface area (Å²) in [7, 11) is -3.85. The number of aromatic carboxylic acids is 1. The maximum Gasteiger partial charge on any atom is 0.407 e. The largest absolute Gasteiger partial charge is 0.477 e. The third-order valence-corrected chi connectivity index (χ3v) is 4.90. The van der Waals surface area contributed by atoms with E-state index < -0.39 is 27.7 Å². The van der Waals surface area contributed by atoms with Gasteiger partial charge in [0, 0.05) is 24.3 Å². The molecule has 142 valence electrons. The second-order valence-corrected chi connectivity index (χ2v) is 8.27. The van der Waals surface area contributed by atoms with Crippen molar-refractivity contribution >= 4 is 22.1 Å². The Labute approximate surface area is 147 Å². The fourth-order valence-corrected chi connectivity index (χ4v) is 3.74. The molecule has 1 heterocycles. The van der Waals surface area contributed by atoms with Gasteiger partial charge in [0.05, 0.1) is 0 Å². The summed E-state index contributed by atoms with van der Waals surface area (Å²) in [5.41, 5.74) is -0.334. The van der Waals surface area contributed by atoms with Gasteiger partial charge in [-0.2, -0.15) is 0 Å². The number of rotatable bonds is 7. The molecule has 0 saturated heterocycles. The molecule has 0 bridgehead atoms. The molecule has 0 spiro atoms. The fourth-order valence-electron chi connectivity index (χ4n) is 2.22. The van der Waals surface area contributed by atoms with Gasteiger partial charge in [0.2, 0.25) is 10.0 Å². The van der Waals surface area contributed by atoms with E-state index >= 15 is 0 Å². The minimum atomic E-state index is -3.85. The lowest BCUT2D eigenvalue weighted by molar-refractivity contribution is 0.0527. The average molecular weight is 375 g/mol. The number of hydrogen-bond acceptors (Lipinski definition) is 5. The normalized spacial score (nSPS) is 12.0. The maximum absolute atomic E-state index is 12.4. The molecule has 0 aliphatic carbocycles. The van der Waals surface area contributed by atoms with Gasteiger partial charge < -0.3 is 20.1 Å². The summed E-state index contributed by atoms with van der Waals surface area (Å²) < 4.78 is 32.2. The number of hydrogen-bond donors (Lipinski definition) is 4. The van der Waals surface area contributed by atoms with Gasteiger partial charge in [-0.05, 0) is 41.0 Å². The Kier molecular flexibility index (Phi) is 6.61.